The second-order valence-corrected chi connectivity index (χ2v) is 5.51. The van der Waals surface area contributed by atoms with Crippen molar-refractivity contribution in [2.75, 3.05) is 17.2 Å². The summed E-state index contributed by atoms with van der Waals surface area (Å²) in [6, 6.07) is 4.90. The number of hydrogen-bond donors (Lipinski definition) is 3. The number of unbranched alkanes of at least 4 members (excludes halogenated alkanes) is 1. The van der Waals surface area contributed by atoms with Crippen molar-refractivity contribution in [1.29, 1.82) is 0 Å². The average Bonchev–Trinajstić information content (AvgIpc) is 2.40. The van der Waals surface area contributed by atoms with Crippen molar-refractivity contribution in [3.8, 4) is 5.75 Å². The van der Waals surface area contributed by atoms with E-state index in [1.807, 2.05) is 0 Å². The van der Waals surface area contributed by atoms with Gasteiger partial charge in [-0.05, 0) is 38.5 Å². The first-order valence-corrected chi connectivity index (χ1v) is 7.12. The van der Waals surface area contributed by atoms with Crippen LogP contribution < -0.4 is 20.7 Å². The van der Waals surface area contributed by atoms with Gasteiger partial charge in [-0.1, -0.05) is 13.3 Å². The van der Waals surface area contributed by atoms with Gasteiger partial charge in [-0.2, -0.15) is 0 Å². The molecule has 0 fully saturated rings. The number of carbonyl (C=O) groups excluding carboxylic acids is 2. The van der Waals surface area contributed by atoms with Gasteiger partial charge in [0.05, 0.1) is 5.69 Å². The molecule has 2 rings (SSSR count). The summed E-state index contributed by atoms with van der Waals surface area (Å²) in [4.78, 5) is 23.5. The van der Waals surface area contributed by atoms with E-state index in [1.54, 1.807) is 32.0 Å². The quantitative estimate of drug-likeness (QED) is 0.746. The summed E-state index contributed by atoms with van der Waals surface area (Å²) in [5.74, 6) is 0.385. The fraction of sp³-hybridized carbons (Fsp3) is 0.467. The summed E-state index contributed by atoms with van der Waals surface area (Å²) in [5.41, 5.74) is 0.275. The molecule has 3 amide bonds. The lowest BCUT2D eigenvalue weighted by Gasteiger charge is -2.31. The molecule has 1 aromatic rings. The van der Waals surface area contributed by atoms with E-state index in [9.17, 15) is 9.59 Å². The summed E-state index contributed by atoms with van der Waals surface area (Å²) in [6.45, 7) is 6.12. The van der Waals surface area contributed by atoms with Crippen LogP contribution in [0.4, 0.5) is 16.2 Å². The molecule has 6 nitrogen and oxygen atoms in total. The fourth-order valence-electron chi connectivity index (χ4n) is 1.94. The molecule has 0 aliphatic carbocycles. The van der Waals surface area contributed by atoms with Crippen molar-refractivity contribution >= 4 is 23.3 Å². The van der Waals surface area contributed by atoms with Crippen molar-refractivity contribution in [1.82, 2.24) is 5.32 Å². The van der Waals surface area contributed by atoms with E-state index in [1.165, 1.54) is 0 Å². The fourth-order valence-corrected chi connectivity index (χ4v) is 1.94. The number of benzene rings is 1. The van der Waals surface area contributed by atoms with Gasteiger partial charge >= 0.3 is 6.03 Å². The maximum atomic E-state index is 11.9. The van der Waals surface area contributed by atoms with E-state index >= 15 is 0 Å². The zero-order valence-corrected chi connectivity index (χ0v) is 12.6. The van der Waals surface area contributed by atoms with Crippen LogP contribution >= 0.6 is 0 Å². The van der Waals surface area contributed by atoms with Gasteiger partial charge in [-0.25, -0.2) is 4.79 Å². The molecule has 1 heterocycles. The van der Waals surface area contributed by atoms with Gasteiger partial charge in [0.15, 0.2) is 5.60 Å². The number of nitrogens with one attached hydrogen (secondary N) is 3. The van der Waals surface area contributed by atoms with E-state index < -0.39 is 5.60 Å². The van der Waals surface area contributed by atoms with Crippen molar-refractivity contribution < 1.29 is 14.3 Å². The van der Waals surface area contributed by atoms with Gasteiger partial charge in [0.2, 0.25) is 0 Å². The highest BCUT2D eigenvalue weighted by Gasteiger charge is 2.35. The predicted octanol–water partition coefficient (Wildman–Crippen LogP) is 2.72. The summed E-state index contributed by atoms with van der Waals surface area (Å²) in [7, 11) is 0. The van der Waals surface area contributed by atoms with Gasteiger partial charge in [0.1, 0.15) is 5.75 Å². The summed E-state index contributed by atoms with van der Waals surface area (Å²) in [5, 5.41) is 8.28. The normalized spacial score (nSPS) is 15.5. The van der Waals surface area contributed by atoms with Crippen LogP contribution in [-0.2, 0) is 4.79 Å². The first kappa shape index (κ1) is 15.2. The Hall–Kier alpha value is -2.24. The zero-order chi connectivity index (χ0) is 15.5. The molecule has 21 heavy (non-hydrogen) atoms. The number of ether oxygens (including phenoxy) is 1. The van der Waals surface area contributed by atoms with E-state index in [4.69, 9.17) is 4.74 Å². The molecule has 1 aliphatic rings. The number of anilines is 2. The molecule has 0 saturated heterocycles. The second kappa shape index (κ2) is 6.03. The minimum Gasteiger partial charge on any atom is -0.476 e. The van der Waals surface area contributed by atoms with E-state index in [2.05, 4.69) is 22.9 Å². The van der Waals surface area contributed by atoms with Gasteiger partial charge in [-0.3, -0.25) is 4.79 Å². The van der Waals surface area contributed by atoms with Crippen LogP contribution in [0.15, 0.2) is 18.2 Å². The lowest BCUT2D eigenvalue weighted by atomic mass is 10.1. The van der Waals surface area contributed by atoms with Gasteiger partial charge in [0, 0.05) is 12.2 Å². The molecular weight excluding hydrogens is 270 g/mol. The van der Waals surface area contributed by atoms with E-state index in [-0.39, 0.29) is 11.9 Å². The Balaban J connectivity index is 2.03. The first-order chi connectivity index (χ1) is 9.92. The molecule has 0 aromatic heterocycles. The molecular formula is C15H21N3O3. The molecule has 0 radical (unpaired) electrons. The minimum absolute atomic E-state index is 0.209. The highest BCUT2D eigenvalue weighted by molar-refractivity contribution is 6.01. The molecule has 6 heteroatoms. The van der Waals surface area contributed by atoms with Crippen molar-refractivity contribution in [2.45, 2.75) is 39.2 Å². The number of amides is 3. The van der Waals surface area contributed by atoms with Crippen molar-refractivity contribution in [3.63, 3.8) is 0 Å². The third-order valence-corrected chi connectivity index (χ3v) is 3.21. The summed E-state index contributed by atoms with van der Waals surface area (Å²) < 4.78 is 5.63. The van der Waals surface area contributed by atoms with Crippen LogP contribution in [0.5, 0.6) is 5.75 Å². The standard InChI is InChI=1S/C15H21N3O3/c1-4-5-8-16-14(20)17-10-6-7-12-11(9-10)18-13(19)15(2,3)21-12/h6-7,9H,4-5,8H2,1-3H3,(H,18,19)(H2,16,17,20). The lowest BCUT2D eigenvalue weighted by molar-refractivity contribution is -0.129. The monoisotopic (exact) mass is 291 g/mol. The summed E-state index contributed by atoms with van der Waals surface area (Å²) in [6.07, 6.45) is 1.97. The zero-order valence-electron chi connectivity index (χ0n) is 12.6. The Morgan fingerprint density at radius 3 is 2.86 bits per heavy atom. The largest absolute Gasteiger partial charge is 0.476 e. The molecule has 0 unspecified atom stereocenters. The Labute approximate surface area is 124 Å². The Morgan fingerprint density at radius 1 is 1.38 bits per heavy atom. The minimum atomic E-state index is -0.889. The summed E-state index contributed by atoms with van der Waals surface area (Å²) >= 11 is 0. The Bertz CT molecular complexity index is 555. The Morgan fingerprint density at radius 2 is 2.14 bits per heavy atom. The molecule has 0 atom stereocenters. The van der Waals surface area contributed by atoms with Crippen LogP contribution in [0.25, 0.3) is 0 Å². The highest BCUT2D eigenvalue weighted by Crippen LogP contribution is 2.35. The number of urea groups is 1. The molecule has 114 valence electrons. The number of fused-ring (bicyclic) bond motifs is 1. The second-order valence-electron chi connectivity index (χ2n) is 5.51. The SMILES string of the molecule is CCCCNC(=O)Nc1ccc2c(c1)NC(=O)C(C)(C)O2. The van der Waals surface area contributed by atoms with E-state index in [0.29, 0.717) is 23.7 Å². The van der Waals surface area contributed by atoms with Crippen molar-refractivity contribution in [3.05, 3.63) is 18.2 Å². The topological polar surface area (TPSA) is 79.5 Å². The highest BCUT2D eigenvalue weighted by atomic mass is 16.5. The molecule has 0 saturated carbocycles. The molecule has 0 spiro atoms. The third-order valence-electron chi connectivity index (χ3n) is 3.21. The number of carbonyl (C=O) groups is 2. The van der Waals surface area contributed by atoms with Crippen molar-refractivity contribution in [2.24, 2.45) is 0 Å². The van der Waals surface area contributed by atoms with Gasteiger partial charge in [0.25, 0.3) is 5.91 Å². The molecule has 1 aromatic carbocycles. The lowest BCUT2D eigenvalue weighted by Crippen LogP contribution is -2.45. The van der Waals surface area contributed by atoms with Gasteiger partial charge < -0.3 is 20.7 Å². The Kier molecular flexibility index (Phi) is 4.35. The molecule has 3 N–H and O–H groups in total. The average molecular weight is 291 g/mol. The van der Waals surface area contributed by atoms with Gasteiger partial charge in [-0.15, -0.1) is 0 Å². The predicted molar refractivity (Wildman–Crippen MR) is 81.7 cm³/mol. The number of rotatable bonds is 4. The van der Waals surface area contributed by atoms with Crippen LogP contribution in [0, 0.1) is 0 Å². The van der Waals surface area contributed by atoms with Crippen LogP contribution in [0.2, 0.25) is 0 Å². The smallest absolute Gasteiger partial charge is 0.319 e. The maximum Gasteiger partial charge on any atom is 0.319 e. The van der Waals surface area contributed by atoms with E-state index in [0.717, 1.165) is 12.8 Å². The van der Waals surface area contributed by atoms with Crippen LogP contribution in [0.1, 0.15) is 33.6 Å². The number of hydrogen-bond acceptors (Lipinski definition) is 3. The first-order valence-electron chi connectivity index (χ1n) is 7.12. The maximum absolute atomic E-state index is 11.9. The van der Waals surface area contributed by atoms with Crippen LogP contribution in [0.3, 0.4) is 0 Å². The molecule has 0 bridgehead atoms. The van der Waals surface area contributed by atoms with Crippen LogP contribution in [-0.4, -0.2) is 24.1 Å². The molecule has 1 aliphatic heterocycles. The third kappa shape index (κ3) is 3.65.